The summed E-state index contributed by atoms with van der Waals surface area (Å²) in [6.45, 7) is 8.04. The summed E-state index contributed by atoms with van der Waals surface area (Å²) in [6.07, 6.45) is 0. The molecule has 2 aromatic rings. The molecule has 3 N–H and O–H groups in total. The maximum absolute atomic E-state index is 12.9. The standard InChI is InChI=1S/C18H27N5O5S/c1-10(2)8-23-15(19)14(16(25)21-17(23)26)22(6-7-27-5)13(24)9-29-18-20-11(3)12(4)28-18/h10H,6-9,19H2,1-5H3,(H,21,25,26). The molecule has 0 radical (unpaired) electrons. The molecule has 1 amide bonds. The highest BCUT2D eigenvalue weighted by molar-refractivity contribution is 7.99. The Morgan fingerprint density at radius 3 is 2.62 bits per heavy atom. The van der Waals surface area contributed by atoms with Crippen LogP contribution in [-0.2, 0) is 16.1 Å². The third-order valence-corrected chi connectivity index (χ3v) is 4.99. The predicted molar refractivity (Wildman–Crippen MR) is 112 cm³/mol. The molecule has 11 heteroatoms. The van der Waals surface area contributed by atoms with Crippen LogP contribution in [-0.4, -0.2) is 46.5 Å². The summed E-state index contributed by atoms with van der Waals surface area (Å²) in [4.78, 5) is 45.3. The Bertz CT molecular complexity index is 958. The molecular formula is C18H27N5O5S. The molecule has 0 atom stereocenters. The molecule has 0 spiro atoms. The number of thioether (sulfide) groups is 1. The summed E-state index contributed by atoms with van der Waals surface area (Å²) in [5.41, 5.74) is 5.51. The van der Waals surface area contributed by atoms with Gasteiger partial charge >= 0.3 is 5.69 Å². The van der Waals surface area contributed by atoms with Crippen LogP contribution in [0.15, 0.2) is 19.2 Å². The Labute approximate surface area is 172 Å². The summed E-state index contributed by atoms with van der Waals surface area (Å²) in [6, 6.07) is 0. The fraction of sp³-hybridized carbons (Fsp3) is 0.556. The number of rotatable bonds is 9. The van der Waals surface area contributed by atoms with Crippen LogP contribution in [0.25, 0.3) is 0 Å². The highest BCUT2D eigenvalue weighted by atomic mass is 32.2. The Kier molecular flexibility index (Phi) is 7.68. The SMILES string of the molecule is COCCN(C(=O)CSc1nc(C)c(C)o1)c1c(N)n(CC(C)C)c(=O)[nH]c1=O. The van der Waals surface area contributed by atoms with Gasteiger partial charge < -0.3 is 19.8 Å². The Balaban J connectivity index is 2.36. The number of carbonyl (C=O) groups excluding carboxylic acids is 1. The smallest absolute Gasteiger partial charge is 0.330 e. The van der Waals surface area contributed by atoms with Gasteiger partial charge in [0, 0.05) is 20.2 Å². The number of amides is 1. The van der Waals surface area contributed by atoms with Crippen molar-refractivity contribution in [1.82, 2.24) is 14.5 Å². The summed E-state index contributed by atoms with van der Waals surface area (Å²) in [5.74, 6) is 0.337. The second-order valence-electron chi connectivity index (χ2n) is 6.95. The first kappa shape index (κ1) is 22.8. The molecule has 2 rings (SSSR count). The Morgan fingerprint density at radius 2 is 2.07 bits per heavy atom. The van der Waals surface area contributed by atoms with Gasteiger partial charge in [0.2, 0.25) is 5.91 Å². The van der Waals surface area contributed by atoms with E-state index in [9.17, 15) is 14.4 Å². The molecule has 0 unspecified atom stereocenters. The number of aromatic nitrogens is 3. The number of nitrogens with two attached hydrogens (primary N) is 1. The molecule has 29 heavy (non-hydrogen) atoms. The predicted octanol–water partition coefficient (Wildman–Crippen LogP) is 1.15. The number of H-pyrrole nitrogens is 1. The van der Waals surface area contributed by atoms with Crippen LogP contribution < -0.4 is 21.9 Å². The fourth-order valence-corrected chi connectivity index (χ4v) is 3.42. The zero-order valence-corrected chi connectivity index (χ0v) is 18.1. The van der Waals surface area contributed by atoms with E-state index in [1.807, 2.05) is 20.8 Å². The summed E-state index contributed by atoms with van der Waals surface area (Å²) in [5, 5.41) is 0.367. The Morgan fingerprint density at radius 1 is 1.38 bits per heavy atom. The highest BCUT2D eigenvalue weighted by Crippen LogP contribution is 2.23. The van der Waals surface area contributed by atoms with Crippen molar-refractivity contribution in [3.8, 4) is 0 Å². The first-order valence-corrected chi connectivity index (χ1v) is 10.1. The van der Waals surface area contributed by atoms with Crippen LogP contribution >= 0.6 is 11.8 Å². The van der Waals surface area contributed by atoms with E-state index >= 15 is 0 Å². The quantitative estimate of drug-likeness (QED) is 0.571. The molecule has 0 saturated heterocycles. The minimum absolute atomic E-state index is 0.0225. The third kappa shape index (κ3) is 5.51. The fourth-order valence-electron chi connectivity index (χ4n) is 2.63. The normalized spacial score (nSPS) is 11.2. The van der Waals surface area contributed by atoms with E-state index in [-0.39, 0.29) is 42.2 Å². The molecule has 0 bridgehead atoms. The van der Waals surface area contributed by atoms with Crippen molar-refractivity contribution >= 4 is 29.2 Å². The lowest BCUT2D eigenvalue weighted by molar-refractivity contribution is -0.116. The number of aromatic amines is 1. The lowest BCUT2D eigenvalue weighted by atomic mass is 10.2. The molecule has 2 heterocycles. The second kappa shape index (κ2) is 9.79. The van der Waals surface area contributed by atoms with Gasteiger partial charge in [-0.3, -0.25) is 19.1 Å². The minimum atomic E-state index is -0.718. The number of aryl methyl sites for hydroxylation is 2. The van der Waals surface area contributed by atoms with Gasteiger partial charge in [-0.2, -0.15) is 0 Å². The number of nitrogens with zero attached hydrogens (tertiary/aromatic N) is 3. The van der Waals surface area contributed by atoms with Crippen molar-refractivity contribution in [2.24, 2.45) is 5.92 Å². The van der Waals surface area contributed by atoms with Crippen LogP contribution in [0, 0.1) is 19.8 Å². The van der Waals surface area contributed by atoms with Gasteiger partial charge in [-0.05, 0) is 19.8 Å². The number of anilines is 2. The van der Waals surface area contributed by atoms with E-state index < -0.39 is 11.2 Å². The molecule has 0 saturated carbocycles. The van der Waals surface area contributed by atoms with E-state index in [4.69, 9.17) is 14.9 Å². The average molecular weight is 426 g/mol. The molecule has 0 fully saturated rings. The lowest BCUT2D eigenvalue weighted by Crippen LogP contribution is -2.43. The van der Waals surface area contributed by atoms with Crippen molar-refractivity contribution in [2.75, 3.05) is 36.6 Å². The summed E-state index contributed by atoms with van der Waals surface area (Å²) >= 11 is 1.12. The van der Waals surface area contributed by atoms with Crippen molar-refractivity contribution in [3.05, 3.63) is 32.3 Å². The molecule has 0 aliphatic carbocycles. The van der Waals surface area contributed by atoms with Gasteiger partial charge in [0.15, 0.2) is 5.69 Å². The van der Waals surface area contributed by atoms with Gasteiger partial charge in [-0.1, -0.05) is 25.6 Å². The van der Waals surface area contributed by atoms with E-state index in [0.717, 1.165) is 17.5 Å². The van der Waals surface area contributed by atoms with Gasteiger partial charge in [0.05, 0.1) is 18.1 Å². The number of ether oxygens (including phenoxy) is 1. The van der Waals surface area contributed by atoms with Crippen molar-refractivity contribution in [3.63, 3.8) is 0 Å². The summed E-state index contributed by atoms with van der Waals surface area (Å²) in [7, 11) is 1.49. The minimum Gasteiger partial charge on any atom is -0.437 e. The molecule has 2 aromatic heterocycles. The van der Waals surface area contributed by atoms with Crippen LogP contribution in [0.3, 0.4) is 0 Å². The molecule has 0 aliphatic heterocycles. The van der Waals surface area contributed by atoms with Crippen molar-refractivity contribution in [2.45, 2.75) is 39.5 Å². The number of nitrogen functional groups attached to an aromatic ring is 1. The van der Waals surface area contributed by atoms with Crippen LogP contribution in [0.4, 0.5) is 11.5 Å². The second-order valence-corrected chi connectivity index (χ2v) is 7.87. The first-order chi connectivity index (χ1) is 13.6. The summed E-state index contributed by atoms with van der Waals surface area (Å²) < 4.78 is 11.8. The molecule has 0 aromatic carbocycles. The average Bonchev–Trinajstić information content (AvgIpc) is 2.97. The molecule has 160 valence electrons. The maximum Gasteiger partial charge on any atom is 0.330 e. The number of nitrogens with one attached hydrogen (secondary N) is 1. The van der Waals surface area contributed by atoms with E-state index in [2.05, 4.69) is 9.97 Å². The number of hydrogen-bond acceptors (Lipinski definition) is 8. The maximum atomic E-state index is 12.9. The zero-order chi connectivity index (χ0) is 21.7. The monoisotopic (exact) mass is 425 g/mol. The lowest BCUT2D eigenvalue weighted by Gasteiger charge is -2.24. The molecule has 10 nitrogen and oxygen atoms in total. The number of hydrogen-bond donors (Lipinski definition) is 2. The third-order valence-electron chi connectivity index (χ3n) is 4.18. The van der Waals surface area contributed by atoms with E-state index in [1.165, 1.54) is 16.6 Å². The number of methoxy groups -OCH3 is 1. The van der Waals surface area contributed by atoms with Crippen LogP contribution in [0.2, 0.25) is 0 Å². The van der Waals surface area contributed by atoms with Crippen LogP contribution in [0.1, 0.15) is 25.3 Å². The molecular weight excluding hydrogens is 398 g/mol. The first-order valence-electron chi connectivity index (χ1n) is 9.14. The molecule has 0 aliphatic rings. The van der Waals surface area contributed by atoms with Gasteiger partial charge in [0.1, 0.15) is 11.6 Å². The van der Waals surface area contributed by atoms with Gasteiger partial charge in [0.25, 0.3) is 10.8 Å². The highest BCUT2D eigenvalue weighted by Gasteiger charge is 2.25. The zero-order valence-electron chi connectivity index (χ0n) is 17.3. The number of oxazole rings is 1. The number of carbonyl (C=O) groups is 1. The van der Waals surface area contributed by atoms with Gasteiger partial charge in [-0.15, -0.1) is 0 Å². The van der Waals surface area contributed by atoms with Crippen molar-refractivity contribution in [1.29, 1.82) is 0 Å². The van der Waals surface area contributed by atoms with Crippen molar-refractivity contribution < 1.29 is 13.9 Å². The topological polar surface area (TPSA) is 136 Å². The van der Waals surface area contributed by atoms with E-state index in [0.29, 0.717) is 17.5 Å². The Hall–Kier alpha value is -2.53. The van der Waals surface area contributed by atoms with Crippen LogP contribution in [0.5, 0.6) is 0 Å². The van der Waals surface area contributed by atoms with E-state index in [1.54, 1.807) is 6.92 Å². The van der Waals surface area contributed by atoms with Gasteiger partial charge in [-0.25, -0.2) is 9.78 Å². The largest absolute Gasteiger partial charge is 0.437 e.